The largest absolute Gasteiger partial charge is 0.493 e. The van der Waals surface area contributed by atoms with Crippen LogP contribution in [0.5, 0.6) is 5.75 Å². The van der Waals surface area contributed by atoms with Gasteiger partial charge in [-0.2, -0.15) is 0 Å². The van der Waals surface area contributed by atoms with E-state index >= 15 is 0 Å². The van der Waals surface area contributed by atoms with Gasteiger partial charge in [0.05, 0.1) is 18.4 Å². The van der Waals surface area contributed by atoms with Crippen molar-refractivity contribution in [3.63, 3.8) is 0 Å². The van der Waals surface area contributed by atoms with Gasteiger partial charge in [-0.15, -0.1) is 0 Å². The van der Waals surface area contributed by atoms with E-state index in [9.17, 15) is 9.59 Å². The SMILES string of the molecule is CCOc1ccccc1C(=O)Nc1cccc(NC(=O)c2ccco2)c1. The average molecular weight is 350 g/mol. The molecule has 0 radical (unpaired) electrons. The molecule has 0 saturated heterocycles. The molecule has 0 spiro atoms. The van der Waals surface area contributed by atoms with Crippen LogP contribution in [-0.2, 0) is 0 Å². The Labute approximate surface area is 150 Å². The Morgan fingerprint density at radius 3 is 2.35 bits per heavy atom. The summed E-state index contributed by atoms with van der Waals surface area (Å²) in [5, 5.41) is 5.53. The van der Waals surface area contributed by atoms with Crippen LogP contribution in [0.1, 0.15) is 27.8 Å². The first-order valence-electron chi connectivity index (χ1n) is 8.15. The minimum atomic E-state index is -0.361. The minimum Gasteiger partial charge on any atom is -0.493 e. The molecule has 0 aliphatic rings. The number of hydrogen-bond acceptors (Lipinski definition) is 4. The summed E-state index contributed by atoms with van der Waals surface area (Å²) >= 11 is 0. The number of furan rings is 1. The molecular weight excluding hydrogens is 332 g/mol. The molecule has 3 rings (SSSR count). The molecule has 0 atom stereocenters. The fraction of sp³-hybridized carbons (Fsp3) is 0.100. The van der Waals surface area contributed by atoms with Crippen LogP contribution in [0.2, 0.25) is 0 Å². The Balaban J connectivity index is 1.72. The number of rotatable bonds is 6. The topological polar surface area (TPSA) is 80.6 Å². The van der Waals surface area contributed by atoms with Crippen molar-refractivity contribution in [2.24, 2.45) is 0 Å². The molecule has 26 heavy (non-hydrogen) atoms. The van der Waals surface area contributed by atoms with Gasteiger partial charge in [-0.25, -0.2) is 0 Å². The first-order chi connectivity index (χ1) is 12.7. The van der Waals surface area contributed by atoms with E-state index in [2.05, 4.69) is 10.6 Å². The fourth-order valence-corrected chi connectivity index (χ4v) is 2.41. The van der Waals surface area contributed by atoms with Crippen LogP contribution in [-0.4, -0.2) is 18.4 Å². The van der Waals surface area contributed by atoms with E-state index in [-0.39, 0.29) is 17.6 Å². The van der Waals surface area contributed by atoms with E-state index in [0.717, 1.165) is 0 Å². The molecule has 6 heteroatoms. The number of nitrogens with one attached hydrogen (secondary N) is 2. The van der Waals surface area contributed by atoms with E-state index < -0.39 is 0 Å². The van der Waals surface area contributed by atoms with E-state index in [1.165, 1.54) is 6.26 Å². The van der Waals surface area contributed by atoms with Gasteiger partial charge in [0.15, 0.2) is 5.76 Å². The molecule has 0 unspecified atom stereocenters. The molecule has 3 aromatic rings. The highest BCUT2D eigenvalue weighted by Gasteiger charge is 2.13. The minimum absolute atomic E-state index is 0.213. The summed E-state index contributed by atoms with van der Waals surface area (Å²) in [6, 6.07) is 17.1. The highest BCUT2D eigenvalue weighted by Crippen LogP contribution is 2.21. The van der Waals surface area contributed by atoms with Crippen LogP contribution < -0.4 is 15.4 Å². The summed E-state index contributed by atoms with van der Waals surface area (Å²) in [6.45, 7) is 2.33. The smallest absolute Gasteiger partial charge is 0.291 e. The molecule has 2 N–H and O–H groups in total. The van der Waals surface area contributed by atoms with Crippen molar-refractivity contribution in [2.75, 3.05) is 17.2 Å². The van der Waals surface area contributed by atoms with Crippen molar-refractivity contribution in [1.82, 2.24) is 0 Å². The second-order valence-corrected chi connectivity index (χ2v) is 5.40. The third-order valence-electron chi connectivity index (χ3n) is 3.55. The van der Waals surface area contributed by atoms with Gasteiger partial charge in [-0.1, -0.05) is 18.2 Å². The molecule has 1 aromatic heterocycles. The molecule has 0 aliphatic heterocycles. The van der Waals surface area contributed by atoms with Crippen molar-refractivity contribution in [2.45, 2.75) is 6.92 Å². The molecule has 0 fully saturated rings. The van der Waals surface area contributed by atoms with Crippen molar-refractivity contribution < 1.29 is 18.7 Å². The summed E-state index contributed by atoms with van der Waals surface area (Å²) in [4.78, 5) is 24.6. The molecule has 0 aliphatic carbocycles. The lowest BCUT2D eigenvalue weighted by atomic mass is 10.1. The van der Waals surface area contributed by atoms with Crippen LogP contribution in [0.4, 0.5) is 11.4 Å². The van der Waals surface area contributed by atoms with Crippen molar-refractivity contribution in [3.05, 3.63) is 78.3 Å². The third kappa shape index (κ3) is 4.10. The van der Waals surface area contributed by atoms with Crippen molar-refractivity contribution >= 4 is 23.2 Å². The summed E-state index contributed by atoms with van der Waals surface area (Å²) in [7, 11) is 0. The molecule has 132 valence electrons. The van der Waals surface area contributed by atoms with Gasteiger partial charge in [-0.05, 0) is 49.4 Å². The Morgan fingerprint density at radius 2 is 1.65 bits per heavy atom. The maximum atomic E-state index is 12.5. The van der Waals surface area contributed by atoms with Crippen LogP contribution in [0.3, 0.4) is 0 Å². The Morgan fingerprint density at radius 1 is 0.923 bits per heavy atom. The van der Waals surface area contributed by atoms with Gasteiger partial charge in [0.1, 0.15) is 5.75 Å². The highest BCUT2D eigenvalue weighted by atomic mass is 16.5. The van der Waals surface area contributed by atoms with Gasteiger partial charge in [0.25, 0.3) is 11.8 Å². The van der Waals surface area contributed by atoms with E-state index in [0.29, 0.717) is 29.3 Å². The number of para-hydroxylation sites is 1. The van der Waals surface area contributed by atoms with Gasteiger partial charge in [0.2, 0.25) is 0 Å². The van der Waals surface area contributed by atoms with Crippen LogP contribution >= 0.6 is 0 Å². The van der Waals surface area contributed by atoms with E-state index in [4.69, 9.17) is 9.15 Å². The van der Waals surface area contributed by atoms with Crippen LogP contribution in [0.15, 0.2) is 71.3 Å². The number of ether oxygens (including phenoxy) is 1. The van der Waals surface area contributed by atoms with Gasteiger partial charge >= 0.3 is 0 Å². The van der Waals surface area contributed by atoms with Crippen molar-refractivity contribution in [1.29, 1.82) is 0 Å². The molecule has 2 amide bonds. The Hall–Kier alpha value is -3.54. The Kier molecular flexibility index (Phi) is 5.34. The first kappa shape index (κ1) is 17.3. The standard InChI is InChI=1S/C20H18N2O4/c1-2-25-17-10-4-3-9-16(17)19(23)21-14-7-5-8-15(13-14)22-20(24)18-11-6-12-26-18/h3-13H,2H2,1H3,(H,21,23)(H,22,24). The Bertz CT molecular complexity index is 904. The fourth-order valence-electron chi connectivity index (χ4n) is 2.41. The lowest BCUT2D eigenvalue weighted by molar-refractivity contribution is 0.0994. The zero-order chi connectivity index (χ0) is 18.4. The molecule has 1 heterocycles. The highest BCUT2D eigenvalue weighted by molar-refractivity contribution is 6.07. The van der Waals surface area contributed by atoms with Gasteiger partial charge in [-0.3, -0.25) is 9.59 Å². The van der Waals surface area contributed by atoms with Gasteiger partial charge in [0, 0.05) is 11.4 Å². The predicted octanol–water partition coefficient (Wildman–Crippen LogP) is 4.18. The second kappa shape index (κ2) is 8.02. The summed E-state index contributed by atoms with van der Waals surface area (Å²) < 4.78 is 10.5. The van der Waals surface area contributed by atoms with Crippen LogP contribution in [0, 0.1) is 0 Å². The maximum absolute atomic E-state index is 12.5. The lowest BCUT2D eigenvalue weighted by Gasteiger charge is -2.11. The number of carbonyl (C=O) groups excluding carboxylic acids is 2. The quantitative estimate of drug-likeness (QED) is 0.699. The zero-order valence-electron chi connectivity index (χ0n) is 14.2. The summed E-state index contributed by atoms with van der Waals surface area (Å²) in [5.41, 5.74) is 1.54. The third-order valence-corrected chi connectivity index (χ3v) is 3.55. The zero-order valence-corrected chi connectivity index (χ0v) is 14.2. The number of carbonyl (C=O) groups is 2. The number of hydrogen-bond donors (Lipinski definition) is 2. The molecule has 2 aromatic carbocycles. The van der Waals surface area contributed by atoms with Crippen LogP contribution in [0.25, 0.3) is 0 Å². The lowest BCUT2D eigenvalue weighted by Crippen LogP contribution is -2.14. The molecule has 6 nitrogen and oxygen atoms in total. The molecular formula is C20H18N2O4. The number of benzene rings is 2. The molecule has 0 saturated carbocycles. The number of anilines is 2. The summed E-state index contributed by atoms with van der Waals surface area (Å²) in [5.74, 6) is 0.0867. The van der Waals surface area contributed by atoms with Gasteiger partial charge < -0.3 is 19.8 Å². The normalized spacial score (nSPS) is 10.2. The van der Waals surface area contributed by atoms with Crippen molar-refractivity contribution in [3.8, 4) is 5.75 Å². The second-order valence-electron chi connectivity index (χ2n) is 5.40. The summed E-state index contributed by atoms with van der Waals surface area (Å²) in [6.07, 6.45) is 1.43. The number of amides is 2. The first-order valence-corrected chi connectivity index (χ1v) is 8.15. The maximum Gasteiger partial charge on any atom is 0.291 e. The monoisotopic (exact) mass is 350 g/mol. The molecule has 0 bridgehead atoms. The van der Waals surface area contributed by atoms with E-state index in [1.54, 1.807) is 54.6 Å². The average Bonchev–Trinajstić information content (AvgIpc) is 3.17. The van der Waals surface area contributed by atoms with E-state index in [1.807, 2.05) is 13.0 Å². The predicted molar refractivity (Wildman–Crippen MR) is 98.7 cm³/mol.